The Bertz CT molecular complexity index is 984. The van der Waals surface area contributed by atoms with E-state index < -0.39 is 17.0 Å². The molecule has 0 spiro atoms. The summed E-state index contributed by atoms with van der Waals surface area (Å²) in [7, 11) is 0. The maximum absolute atomic E-state index is 12.3. The zero-order valence-corrected chi connectivity index (χ0v) is 15.3. The predicted octanol–water partition coefficient (Wildman–Crippen LogP) is 4.87. The van der Waals surface area contributed by atoms with Gasteiger partial charge in [0.1, 0.15) is 0 Å². The summed E-state index contributed by atoms with van der Waals surface area (Å²) in [5.41, 5.74) is 0.479. The Morgan fingerprint density at radius 3 is 2.37 bits per heavy atom. The van der Waals surface area contributed by atoms with Crippen molar-refractivity contribution in [3.05, 3.63) is 74.1 Å². The Kier molecular flexibility index (Phi) is 5.38. The van der Waals surface area contributed by atoms with Crippen LogP contribution in [0.25, 0.3) is 11.5 Å². The maximum atomic E-state index is 12.3. The first-order valence-electron chi connectivity index (χ1n) is 7.60. The predicted molar refractivity (Wildman–Crippen MR) is 96.7 cm³/mol. The van der Waals surface area contributed by atoms with Crippen molar-refractivity contribution >= 4 is 34.9 Å². The van der Waals surface area contributed by atoms with Crippen molar-refractivity contribution in [2.24, 2.45) is 0 Å². The first-order chi connectivity index (χ1) is 12.9. The van der Waals surface area contributed by atoms with Gasteiger partial charge in [-0.2, -0.15) is 0 Å². The monoisotopic (exact) mass is 407 g/mol. The molecule has 0 unspecified atom stereocenters. The van der Waals surface area contributed by atoms with Crippen LogP contribution >= 0.6 is 23.2 Å². The van der Waals surface area contributed by atoms with E-state index in [4.69, 9.17) is 32.4 Å². The molecule has 3 rings (SSSR count). The fraction of sp³-hybridized carbons (Fsp3) is 0.118. The molecular weight excluding hydrogens is 397 g/mol. The Balaban J connectivity index is 1.76. The minimum atomic E-state index is -0.857. The molecule has 1 aromatic heterocycles. The van der Waals surface area contributed by atoms with Crippen LogP contribution in [0.2, 0.25) is 10.0 Å². The number of ether oxygens (including phenoxy) is 1. The van der Waals surface area contributed by atoms with Crippen LogP contribution < -0.4 is 0 Å². The second-order valence-electron chi connectivity index (χ2n) is 5.39. The Morgan fingerprint density at radius 2 is 1.78 bits per heavy atom. The molecule has 0 amide bonds. The van der Waals surface area contributed by atoms with Crippen molar-refractivity contribution in [2.75, 3.05) is 0 Å². The van der Waals surface area contributed by atoms with E-state index >= 15 is 0 Å². The first-order valence-corrected chi connectivity index (χ1v) is 8.35. The lowest BCUT2D eigenvalue weighted by molar-refractivity contribution is -0.384. The molecule has 0 saturated heterocycles. The molecule has 0 fully saturated rings. The van der Waals surface area contributed by atoms with Crippen LogP contribution in [-0.2, 0) is 4.74 Å². The minimum absolute atomic E-state index is 0.0443. The quantitative estimate of drug-likeness (QED) is 0.337. The number of aromatic nitrogens is 2. The molecule has 138 valence electrons. The number of esters is 1. The van der Waals surface area contributed by atoms with Gasteiger partial charge in [-0.3, -0.25) is 10.1 Å². The second-order valence-corrected chi connectivity index (χ2v) is 6.21. The lowest BCUT2D eigenvalue weighted by Crippen LogP contribution is -2.10. The largest absolute Gasteiger partial charge is 0.449 e. The van der Waals surface area contributed by atoms with Gasteiger partial charge < -0.3 is 9.15 Å². The van der Waals surface area contributed by atoms with Gasteiger partial charge in [0.2, 0.25) is 5.89 Å². The van der Waals surface area contributed by atoms with Crippen LogP contribution in [0.4, 0.5) is 5.69 Å². The molecular formula is C17H11Cl2N3O5. The summed E-state index contributed by atoms with van der Waals surface area (Å²) in [6.07, 6.45) is -0.857. The Hall–Kier alpha value is -2.97. The standard InChI is InChI=1S/C17H11Cl2N3O5/c1-9(26-17(23)14-12(18)3-2-4-13(14)19)15-20-21-16(27-15)10-5-7-11(8-6-10)22(24)25/h2-9H,1H3/t9-/m1/s1. The summed E-state index contributed by atoms with van der Waals surface area (Å²) >= 11 is 12.0. The van der Waals surface area contributed by atoms with Gasteiger partial charge in [0.05, 0.1) is 20.5 Å². The van der Waals surface area contributed by atoms with Gasteiger partial charge in [-0.05, 0) is 31.2 Å². The molecule has 10 heteroatoms. The number of benzene rings is 2. The minimum Gasteiger partial charge on any atom is -0.449 e. The second kappa shape index (κ2) is 7.73. The van der Waals surface area contributed by atoms with E-state index in [1.165, 1.54) is 36.4 Å². The van der Waals surface area contributed by atoms with Crippen LogP contribution in [0.1, 0.15) is 29.3 Å². The number of hydrogen-bond donors (Lipinski definition) is 0. The Morgan fingerprint density at radius 1 is 1.15 bits per heavy atom. The average molecular weight is 408 g/mol. The summed E-state index contributed by atoms with van der Waals surface area (Å²) < 4.78 is 10.8. The van der Waals surface area contributed by atoms with Crippen LogP contribution in [0.3, 0.4) is 0 Å². The van der Waals surface area contributed by atoms with Crippen LogP contribution in [0.5, 0.6) is 0 Å². The number of nitro benzene ring substituents is 1. The highest BCUT2D eigenvalue weighted by Gasteiger charge is 2.23. The van der Waals surface area contributed by atoms with Gasteiger partial charge in [-0.1, -0.05) is 29.3 Å². The van der Waals surface area contributed by atoms with Crippen molar-refractivity contribution in [1.29, 1.82) is 0 Å². The lowest BCUT2D eigenvalue weighted by Gasteiger charge is -2.11. The molecule has 3 aromatic rings. The van der Waals surface area contributed by atoms with E-state index in [1.54, 1.807) is 13.0 Å². The van der Waals surface area contributed by atoms with Gasteiger partial charge in [0.25, 0.3) is 11.6 Å². The zero-order chi connectivity index (χ0) is 19.6. The van der Waals surface area contributed by atoms with Crippen molar-refractivity contribution in [1.82, 2.24) is 10.2 Å². The fourth-order valence-corrected chi connectivity index (χ4v) is 2.76. The van der Waals surface area contributed by atoms with Crippen LogP contribution in [-0.4, -0.2) is 21.1 Å². The molecule has 2 aromatic carbocycles. The molecule has 0 N–H and O–H groups in total. The molecule has 1 atom stereocenters. The highest BCUT2D eigenvalue weighted by molar-refractivity contribution is 6.39. The van der Waals surface area contributed by atoms with E-state index in [9.17, 15) is 14.9 Å². The summed E-state index contributed by atoms with van der Waals surface area (Å²) in [6.45, 7) is 1.55. The topological polar surface area (TPSA) is 108 Å². The van der Waals surface area contributed by atoms with Crippen molar-refractivity contribution in [2.45, 2.75) is 13.0 Å². The van der Waals surface area contributed by atoms with Crippen molar-refractivity contribution in [3.63, 3.8) is 0 Å². The SMILES string of the molecule is C[C@@H](OC(=O)c1c(Cl)cccc1Cl)c1nnc(-c2ccc([N+](=O)[O-])cc2)o1. The molecule has 0 saturated carbocycles. The van der Waals surface area contributed by atoms with Crippen molar-refractivity contribution < 1.29 is 18.9 Å². The zero-order valence-electron chi connectivity index (χ0n) is 13.8. The summed E-state index contributed by atoms with van der Waals surface area (Å²) in [4.78, 5) is 22.5. The highest BCUT2D eigenvalue weighted by Crippen LogP contribution is 2.28. The van der Waals surface area contributed by atoms with Gasteiger partial charge in [-0.15, -0.1) is 10.2 Å². The number of nitro groups is 1. The van der Waals surface area contributed by atoms with Crippen molar-refractivity contribution in [3.8, 4) is 11.5 Å². The van der Waals surface area contributed by atoms with Gasteiger partial charge in [-0.25, -0.2) is 4.79 Å². The first kappa shape index (κ1) is 18.8. The molecule has 0 radical (unpaired) electrons. The number of carbonyl (C=O) groups excluding carboxylic acids is 1. The van der Waals surface area contributed by atoms with E-state index in [1.807, 2.05) is 0 Å². The summed E-state index contributed by atoms with van der Waals surface area (Å²) in [6, 6.07) is 10.3. The van der Waals surface area contributed by atoms with Crippen LogP contribution in [0.15, 0.2) is 46.9 Å². The van der Waals surface area contributed by atoms with E-state index in [2.05, 4.69) is 10.2 Å². The van der Waals surface area contributed by atoms with Gasteiger partial charge >= 0.3 is 5.97 Å². The summed E-state index contributed by atoms with van der Waals surface area (Å²) in [5, 5.41) is 18.7. The van der Waals surface area contributed by atoms with E-state index in [0.717, 1.165) is 0 Å². The third-order valence-electron chi connectivity index (χ3n) is 3.56. The number of halogens is 2. The molecule has 1 heterocycles. The molecule has 27 heavy (non-hydrogen) atoms. The van der Waals surface area contributed by atoms with E-state index in [-0.39, 0.29) is 33.1 Å². The van der Waals surface area contributed by atoms with Crippen LogP contribution in [0, 0.1) is 10.1 Å². The smallest absolute Gasteiger partial charge is 0.341 e. The molecule has 0 bridgehead atoms. The molecule has 0 aliphatic carbocycles. The molecule has 0 aliphatic rings. The molecule has 8 nitrogen and oxygen atoms in total. The number of hydrogen-bond acceptors (Lipinski definition) is 7. The fourth-order valence-electron chi connectivity index (χ4n) is 2.20. The normalized spacial score (nSPS) is 11.8. The maximum Gasteiger partial charge on any atom is 0.341 e. The highest BCUT2D eigenvalue weighted by atomic mass is 35.5. The van der Waals surface area contributed by atoms with Gasteiger partial charge in [0.15, 0.2) is 6.10 Å². The average Bonchev–Trinajstić information content (AvgIpc) is 3.12. The summed E-state index contributed by atoms with van der Waals surface area (Å²) in [5.74, 6) is -0.536. The lowest BCUT2D eigenvalue weighted by atomic mass is 10.2. The third kappa shape index (κ3) is 4.07. The number of carbonyl (C=O) groups is 1. The van der Waals surface area contributed by atoms with E-state index in [0.29, 0.717) is 5.56 Å². The van der Waals surface area contributed by atoms with Gasteiger partial charge in [0, 0.05) is 17.7 Å². The number of nitrogens with zero attached hydrogens (tertiary/aromatic N) is 3. The third-order valence-corrected chi connectivity index (χ3v) is 4.19. The number of non-ortho nitro benzene ring substituents is 1. The number of rotatable bonds is 5. The molecule has 0 aliphatic heterocycles. The Labute approximate surface area is 162 Å².